The molecule has 1 fully saturated rings. The van der Waals surface area contributed by atoms with E-state index in [2.05, 4.69) is 21.2 Å². The number of carbonyl (C=O) groups excluding carboxylic acids is 1. The molecule has 1 aliphatic rings. The first kappa shape index (κ1) is 13.4. The summed E-state index contributed by atoms with van der Waals surface area (Å²) in [6.45, 7) is 3.28. The minimum Gasteiger partial charge on any atom is -0.445 e. The molecule has 1 amide bonds. The number of nitrogens with zero attached hydrogens (tertiary/aromatic N) is 2. The Morgan fingerprint density at radius 3 is 2.83 bits per heavy atom. The Hall–Kier alpha value is -1.07. The second-order valence-corrected chi connectivity index (χ2v) is 5.11. The van der Waals surface area contributed by atoms with Crippen LogP contribution in [0.15, 0.2) is 28.7 Å². The monoisotopic (exact) mass is 311 g/mol. The van der Waals surface area contributed by atoms with E-state index in [0.29, 0.717) is 19.7 Å². The van der Waals surface area contributed by atoms with Crippen LogP contribution < -0.4 is 5.32 Å². The molecule has 1 aromatic rings. The highest BCUT2D eigenvalue weighted by atomic mass is 79.9. The lowest BCUT2D eigenvalue weighted by molar-refractivity contribution is 0.0984. The molecular weight excluding hydrogens is 296 g/mol. The molecule has 97 valence electrons. The molecule has 1 aromatic carbocycles. The molecule has 0 aliphatic carbocycles. The normalized spacial score (nSPS) is 16.2. The largest absolute Gasteiger partial charge is 0.445 e. The van der Waals surface area contributed by atoms with Gasteiger partial charge in [-0.1, -0.05) is 28.1 Å². The van der Waals surface area contributed by atoms with E-state index in [1.165, 1.54) is 0 Å². The Morgan fingerprint density at radius 1 is 1.28 bits per heavy atom. The van der Waals surface area contributed by atoms with Crippen LogP contribution in [0.5, 0.6) is 0 Å². The number of rotatable bonds is 2. The molecule has 5 heteroatoms. The fourth-order valence-electron chi connectivity index (χ4n) is 1.79. The van der Waals surface area contributed by atoms with Crippen LogP contribution in [-0.2, 0) is 11.3 Å². The van der Waals surface area contributed by atoms with Crippen LogP contribution in [-0.4, -0.2) is 37.2 Å². The first-order valence-electron chi connectivity index (χ1n) is 6.05. The minimum atomic E-state index is -0.241. The highest BCUT2D eigenvalue weighted by molar-refractivity contribution is 9.10. The van der Waals surface area contributed by atoms with Gasteiger partial charge in [-0.05, 0) is 24.1 Å². The predicted molar refractivity (Wildman–Crippen MR) is 72.4 cm³/mol. The highest BCUT2D eigenvalue weighted by Gasteiger charge is 2.16. The van der Waals surface area contributed by atoms with Gasteiger partial charge in [0, 0.05) is 30.7 Å². The molecule has 0 bridgehead atoms. The van der Waals surface area contributed by atoms with Crippen LogP contribution >= 0.6 is 15.9 Å². The van der Waals surface area contributed by atoms with Gasteiger partial charge in [-0.25, -0.2) is 10.1 Å². The average molecular weight is 312 g/mol. The number of hydrogen-bond donors (Lipinski definition) is 0. The topological polar surface area (TPSA) is 43.6 Å². The summed E-state index contributed by atoms with van der Waals surface area (Å²) >= 11 is 3.37. The standard InChI is InChI=1S/C13H16BrN2O2/c14-12-4-2-11(3-5-12)10-18-13(17)16-8-1-6-15-7-9-16/h2-5H,1,6-10H2. The Labute approximate surface area is 115 Å². The van der Waals surface area contributed by atoms with E-state index in [1.807, 2.05) is 24.3 Å². The van der Waals surface area contributed by atoms with Gasteiger partial charge in [0.15, 0.2) is 0 Å². The Bertz CT molecular complexity index is 386. The second kappa shape index (κ2) is 6.75. The molecule has 0 saturated carbocycles. The van der Waals surface area contributed by atoms with E-state index < -0.39 is 0 Å². The van der Waals surface area contributed by atoms with Crippen molar-refractivity contribution in [1.82, 2.24) is 10.2 Å². The van der Waals surface area contributed by atoms with Crippen molar-refractivity contribution in [3.05, 3.63) is 34.3 Å². The lowest BCUT2D eigenvalue weighted by atomic mass is 10.2. The van der Waals surface area contributed by atoms with Crippen molar-refractivity contribution in [3.63, 3.8) is 0 Å². The van der Waals surface area contributed by atoms with Crippen molar-refractivity contribution < 1.29 is 9.53 Å². The molecule has 4 nitrogen and oxygen atoms in total. The summed E-state index contributed by atoms with van der Waals surface area (Å²) in [5.41, 5.74) is 0.992. The van der Waals surface area contributed by atoms with E-state index in [0.717, 1.165) is 29.5 Å². The molecule has 18 heavy (non-hydrogen) atoms. The Morgan fingerprint density at radius 2 is 2.06 bits per heavy atom. The van der Waals surface area contributed by atoms with Crippen LogP contribution in [0.4, 0.5) is 4.79 Å². The molecule has 1 heterocycles. The third-order valence-electron chi connectivity index (χ3n) is 2.81. The molecule has 1 radical (unpaired) electrons. The zero-order chi connectivity index (χ0) is 12.8. The number of carbonyl (C=O) groups is 1. The number of ether oxygens (including phenoxy) is 1. The van der Waals surface area contributed by atoms with Gasteiger partial charge >= 0.3 is 6.09 Å². The second-order valence-electron chi connectivity index (χ2n) is 4.19. The van der Waals surface area contributed by atoms with Crippen LogP contribution in [0, 0.1) is 0 Å². The van der Waals surface area contributed by atoms with Crippen LogP contribution in [0.1, 0.15) is 12.0 Å². The maximum atomic E-state index is 11.8. The molecule has 0 atom stereocenters. The van der Waals surface area contributed by atoms with Gasteiger partial charge in [0.25, 0.3) is 0 Å². The lowest BCUT2D eigenvalue weighted by Crippen LogP contribution is -2.34. The fraction of sp³-hybridized carbons (Fsp3) is 0.462. The summed E-state index contributed by atoms with van der Waals surface area (Å²) in [6, 6.07) is 7.76. The number of benzene rings is 1. The lowest BCUT2D eigenvalue weighted by Gasteiger charge is -2.19. The maximum Gasteiger partial charge on any atom is 0.410 e. The predicted octanol–water partition coefficient (Wildman–Crippen LogP) is 2.40. The van der Waals surface area contributed by atoms with E-state index in [4.69, 9.17) is 4.74 Å². The fourth-order valence-corrected chi connectivity index (χ4v) is 2.05. The van der Waals surface area contributed by atoms with E-state index >= 15 is 0 Å². The van der Waals surface area contributed by atoms with Crippen LogP contribution in [0.25, 0.3) is 0 Å². The molecular formula is C13H16BrN2O2. The van der Waals surface area contributed by atoms with Gasteiger partial charge in [-0.3, -0.25) is 0 Å². The van der Waals surface area contributed by atoms with E-state index in [9.17, 15) is 4.79 Å². The van der Waals surface area contributed by atoms with Gasteiger partial charge in [0.1, 0.15) is 6.61 Å². The smallest absolute Gasteiger partial charge is 0.410 e. The zero-order valence-electron chi connectivity index (χ0n) is 10.1. The van der Waals surface area contributed by atoms with Gasteiger partial charge < -0.3 is 9.64 Å². The molecule has 0 spiro atoms. The molecule has 0 aromatic heterocycles. The summed E-state index contributed by atoms with van der Waals surface area (Å²) in [6.07, 6.45) is 0.683. The molecule has 2 rings (SSSR count). The SMILES string of the molecule is O=C(OCc1ccc(Br)cc1)N1CCC[N]CC1. The van der Waals surface area contributed by atoms with Gasteiger partial charge in [0.2, 0.25) is 0 Å². The van der Waals surface area contributed by atoms with Crippen LogP contribution in [0.3, 0.4) is 0 Å². The van der Waals surface area contributed by atoms with Gasteiger partial charge in [-0.2, -0.15) is 0 Å². The van der Waals surface area contributed by atoms with E-state index in [1.54, 1.807) is 4.90 Å². The van der Waals surface area contributed by atoms with Crippen molar-refractivity contribution in [2.45, 2.75) is 13.0 Å². The van der Waals surface area contributed by atoms with Crippen molar-refractivity contribution in [2.75, 3.05) is 26.2 Å². The number of amides is 1. The van der Waals surface area contributed by atoms with Crippen molar-refractivity contribution in [2.24, 2.45) is 0 Å². The summed E-state index contributed by atoms with van der Waals surface area (Å²) in [5.74, 6) is 0. The zero-order valence-corrected chi connectivity index (χ0v) is 11.7. The molecule has 0 unspecified atom stereocenters. The number of halogens is 1. The van der Waals surface area contributed by atoms with Crippen LogP contribution in [0.2, 0.25) is 0 Å². The molecule has 1 saturated heterocycles. The summed E-state index contributed by atoms with van der Waals surface area (Å²) in [4.78, 5) is 13.6. The quantitative estimate of drug-likeness (QED) is 0.841. The first-order valence-corrected chi connectivity index (χ1v) is 6.84. The summed E-state index contributed by atoms with van der Waals surface area (Å²) in [5, 5.41) is 4.28. The molecule has 0 N–H and O–H groups in total. The first-order chi connectivity index (χ1) is 8.75. The van der Waals surface area contributed by atoms with Gasteiger partial charge in [-0.15, -0.1) is 0 Å². The summed E-state index contributed by atoms with van der Waals surface area (Å²) < 4.78 is 6.31. The third kappa shape index (κ3) is 3.99. The molecule has 1 aliphatic heterocycles. The van der Waals surface area contributed by atoms with Gasteiger partial charge in [0.05, 0.1) is 0 Å². The van der Waals surface area contributed by atoms with Crippen molar-refractivity contribution in [1.29, 1.82) is 0 Å². The Balaban J connectivity index is 1.81. The minimum absolute atomic E-state index is 0.241. The average Bonchev–Trinajstić information content (AvgIpc) is 2.66. The third-order valence-corrected chi connectivity index (χ3v) is 3.33. The van der Waals surface area contributed by atoms with E-state index in [-0.39, 0.29) is 6.09 Å². The van der Waals surface area contributed by atoms with Crippen molar-refractivity contribution >= 4 is 22.0 Å². The highest BCUT2D eigenvalue weighted by Crippen LogP contribution is 2.11. The summed E-state index contributed by atoms with van der Waals surface area (Å²) in [7, 11) is 0. The van der Waals surface area contributed by atoms with Crippen molar-refractivity contribution in [3.8, 4) is 0 Å². The number of hydrogen-bond acceptors (Lipinski definition) is 2. The Kier molecular flexibility index (Phi) is 5.01. The maximum absolute atomic E-state index is 11.8.